The highest BCUT2D eigenvalue weighted by atomic mass is 15.1. The molecule has 1 aromatic heterocycles. The smallest absolute Gasteiger partial charge is 0.0562 e. The van der Waals surface area contributed by atoms with Crippen LogP contribution >= 0.6 is 0 Å². The third-order valence-electron chi connectivity index (χ3n) is 3.63. The zero-order valence-corrected chi connectivity index (χ0v) is 13.5. The Kier molecular flexibility index (Phi) is 5.34. The molecule has 1 N–H and O–H groups in total. The van der Waals surface area contributed by atoms with Crippen molar-refractivity contribution in [1.82, 2.24) is 10.3 Å². The maximum Gasteiger partial charge on any atom is 0.0562 e. The highest BCUT2D eigenvalue weighted by Crippen LogP contribution is 2.27. The lowest BCUT2D eigenvalue weighted by Gasteiger charge is -2.22. The minimum absolute atomic E-state index is 0.822. The molecule has 3 nitrogen and oxygen atoms in total. The molecule has 0 amide bonds. The highest BCUT2D eigenvalue weighted by molar-refractivity contribution is 5.65. The third kappa shape index (κ3) is 4.05. The molecule has 0 atom stereocenters. The van der Waals surface area contributed by atoms with Gasteiger partial charge in [0.25, 0.3) is 0 Å². The van der Waals surface area contributed by atoms with Gasteiger partial charge < -0.3 is 10.2 Å². The van der Waals surface area contributed by atoms with E-state index in [-0.39, 0.29) is 0 Å². The molecule has 21 heavy (non-hydrogen) atoms. The molecule has 0 saturated heterocycles. The molecule has 0 aliphatic carbocycles. The number of hydrogen-bond acceptors (Lipinski definition) is 3. The summed E-state index contributed by atoms with van der Waals surface area (Å²) < 4.78 is 0. The molecule has 0 spiro atoms. The Balaban J connectivity index is 2.18. The molecule has 0 radical (unpaired) electrons. The van der Waals surface area contributed by atoms with Crippen LogP contribution in [0.5, 0.6) is 0 Å². The van der Waals surface area contributed by atoms with Crippen molar-refractivity contribution in [3.05, 3.63) is 53.3 Å². The fraction of sp³-hybridized carbons (Fsp3) is 0.389. The van der Waals surface area contributed by atoms with Crippen molar-refractivity contribution in [3.63, 3.8) is 0 Å². The first-order valence-electron chi connectivity index (χ1n) is 7.58. The number of anilines is 2. The zero-order valence-electron chi connectivity index (χ0n) is 13.5. The van der Waals surface area contributed by atoms with E-state index in [1.165, 1.54) is 22.5 Å². The summed E-state index contributed by atoms with van der Waals surface area (Å²) in [5.74, 6) is 0. The fourth-order valence-electron chi connectivity index (χ4n) is 2.48. The first-order valence-corrected chi connectivity index (χ1v) is 7.58. The van der Waals surface area contributed by atoms with E-state index in [1.807, 2.05) is 6.20 Å². The van der Waals surface area contributed by atoms with Crippen molar-refractivity contribution < 1.29 is 0 Å². The number of nitrogens with one attached hydrogen (secondary N) is 1. The van der Waals surface area contributed by atoms with Crippen LogP contribution in [0.15, 0.2) is 36.5 Å². The molecular formula is C18H25N3. The lowest BCUT2D eigenvalue weighted by atomic mass is 10.1. The van der Waals surface area contributed by atoms with Gasteiger partial charge in [-0.15, -0.1) is 0 Å². The Morgan fingerprint density at radius 3 is 2.67 bits per heavy atom. The number of pyridine rings is 1. The largest absolute Gasteiger partial charge is 0.344 e. The van der Waals surface area contributed by atoms with Crippen LogP contribution in [0.4, 0.5) is 11.4 Å². The molecule has 2 rings (SSSR count). The fourth-order valence-corrected chi connectivity index (χ4v) is 2.48. The van der Waals surface area contributed by atoms with Crippen molar-refractivity contribution in [2.24, 2.45) is 0 Å². The molecule has 0 aliphatic heterocycles. The van der Waals surface area contributed by atoms with E-state index in [0.717, 1.165) is 25.2 Å². The Hall–Kier alpha value is -1.87. The maximum atomic E-state index is 4.43. The van der Waals surface area contributed by atoms with Gasteiger partial charge in [0, 0.05) is 31.2 Å². The lowest BCUT2D eigenvalue weighted by molar-refractivity contribution is 0.664. The van der Waals surface area contributed by atoms with Gasteiger partial charge in [0.05, 0.1) is 5.69 Å². The van der Waals surface area contributed by atoms with E-state index < -0.39 is 0 Å². The number of nitrogens with zero attached hydrogens (tertiary/aromatic N) is 2. The Labute approximate surface area is 128 Å². The third-order valence-corrected chi connectivity index (χ3v) is 3.63. The van der Waals surface area contributed by atoms with Gasteiger partial charge in [0.2, 0.25) is 0 Å². The molecule has 112 valence electrons. The Morgan fingerprint density at radius 2 is 1.95 bits per heavy atom. The van der Waals surface area contributed by atoms with Crippen LogP contribution in [-0.4, -0.2) is 18.6 Å². The van der Waals surface area contributed by atoms with Crippen molar-refractivity contribution in [2.45, 2.75) is 33.7 Å². The monoisotopic (exact) mass is 283 g/mol. The zero-order chi connectivity index (χ0) is 15.2. The molecule has 3 heteroatoms. The predicted octanol–water partition coefficient (Wildman–Crippen LogP) is 3.97. The van der Waals surface area contributed by atoms with Crippen molar-refractivity contribution >= 4 is 11.4 Å². The summed E-state index contributed by atoms with van der Waals surface area (Å²) in [4.78, 5) is 6.66. The normalized spacial score (nSPS) is 10.7. The van der Waals surface area contributed by atoms with Crippen LogP contribution in [0, 0.1) is 13.8 Å². The van der Waals surface area contributed by atoms with Gasteiger partial charge in [-0.3, -0.25) is 4.98 Å². The molecule has 0 aliphatic rings. The molecule has 1 aromatic carbocycles. The topological polar surface area (TPSA) is 28.2 Å². The highest BCUT2D eigenvalue weighted by Gasteiger charge is 2.08. The maximum absolute atomic E-state index is 4.43. The van der Waals surface area contributed by atoms with Crippen molar-refractivity contribution in [2.75, 3.05) is 18.5 Å². The first kappa shape index (κ1) is 15.5. The average molecular weight is 283 g/mol. The summed E-state index contributed by atoms with van der Waals surface area (Å²) in [6.45, 7) is 8.30. The molecular weight excluding hydrogens is 258 g/mol. The van der Waals surface area contributed by atoms with Crippen LogP contribution in [0.1, 0.15) is 30.2 Å². The molecule has 1 heterocycles. The van der Waals surface area contributed by atoms with Crippen LogP contribution in [-0.2, 0) is 6.54 Å². The Morgan fingerprint density at radius 1 is 1.14 bits per heavy atom. The van der Waals surface area contributed by atoms with Crippen LogP contribution in [0.3, 0.4) is 0 Å². The summed E-state index contributed by atoms with van der Waals surface area (Å²) in [6.07, 6.45) is 3.03. The van der Waals surface area contributed by atoms with E-state index in [9.17, 15) is 0 Å². The lowest BCUT2D eigenvalue weighted by Crippen LogP contribution is -2.16. The van der Waals surface area contributed by atoms with Crippen LogP contribution < -0.4 is 10.2 Å². The van der Waals surface area contributed by atoms with E-state index >= 15 is 0 Å². The second kappa shape index (κ2) is 7.23. The summed E-state index contributed by atoms with van der Waals surface area (Å²) >= 11 is 0. The summed E-state index contributed by atoms with van der Waals surface area (Å²) in [5.41, 5.74) is 6.07. The van der Waals surface area contributed by atoms with E-state index in [2.05, 4.69) is 73.4 Å². The van der Waals surface area contributed by atoms with Gasteiger partial charge in [-0.25, -0.2) is 0 Å². The summed E-state index contributed by atoms with van der Waals surface area (Å²) in [7, 11) is 2.11. The second-order valence-corrected chi connectivity index (χ2v) is 5.53. The molecule has 0 saturated carbocycles. The number of aryl methyl sites for hydroxylation is 2. The van der Waals surface area contributed by atoms with Crippen LogP contribution in [0.2, 0.25) is 0 Å². The van der Waals surface area contributed by atoms with Gasteiger partial charge in [0.15, 0.2) is 0 Å². The first-order chi connectivity index (χ1) is 10.1. The van der Waals surface area contributed by atoms with Crippen molar-refractivity contribution in [3.8, 4) is 0 Å². The van der Waals surface area contributed by atoms with Gasteiger partial charge in [0.1, 0.15) is 0 Å². The number of benzene rings is 1. The van der Waals surface area contributed by atoms with Gasteiger partial charge in [-0.1, -0.05) is 24.6 Å². The van der Waals surface area contributed by atoms with Gasteiger partial charge in [-0.05, 0) is 50.6 Å². The number of rotatable bonds is 6. The SMILES string of the molecule is CCCNCc1cc(N(C)c2ccc(C)cc2C)ccn1. The van der Waals surface area contributed by atoms with Crippen LogP contribution in [0.25, 0.3) is 0 Å². The average Bonchev–Trinajstić information content (AvgIpc) is 2.47. The van der Waals surface area contributed by atoms with E-state index in [4.69, 9.17) is 0 Å². The molecule has 0 unspecified atom stereocenters. The number of hydrogen-bond donors (Lipinski definition) is 1. The standard InChI is InChI=1S/C18H25N3/c1-5-9-19-13-16-12-17(8-10-20-16)21(4)18-7-6-14(2)11-15(18)3/h6-8,10-12,19H,5,9,13H2,1-4H3. The second-order valence-electron chi connectivity index (χ2n) is 5.53. The molecule has 0 bridgehead atoms. The molecule has 0 fully saturated rings. The Bertz CT molecular complexity index is 593. The van der Waals surface area contributed by atoms with E-state index in [1.54, 1.807) is 0 Å². The van der Waals surface area contributed by atoms with Crippen molar-refractivity contribution in [1.29, 1.82) is 0 Å². The minimum atomic E-state index is 0.822. The summed E-state index contributed by atoms with van der Waals surface area (Å²) in [6, 6.07) is 10.8. The quantitative estimate of drug-likeness (QED) is 0.813. The van der Waals surface area contributed by atoms with Gasteiger partial charge >= 0.3 is 0 Å². The minimum Gasteiger partial charge on any atom is -0.344 e. The van der Waals surface area contributed by atoms with Gasteiger partial charge in [-0.2, -0.15) is 0 Å². The van der Waals surface area contributed by atoms with E-state index in [0.29, 0.717) is 0 Å². The summed E-state index contributed by atoms with van der Waals surface area (Å²) in [5, 5.41) is 3.40. The number of aromatic nitrogens is 1. The predicted molar refractivity (Wildman–Crippen MR) is 90.2 cm³/mol. The molecule has 2 aromatic rings.